The molecule has 1 N–H and O–H groups in total. The highest BCUT2D eigenvalue weighted by Gasteiger charge is 2.41. The lowest BCUT2D eigenvalue weighted by molar-refractivity contribution is -0.0551. The highest BCUT2D eigenvalue weighted by molar-refractivity contribution is 5.08. The first-order chi connectivity index (χ1) is 9.77. The summed E-state index contributed by atoms with van der Waals surface area (Å²) in [6.45, 7) is 3.23. The monoisotopic (exact) mass is 279 g/mol. The Morgan fingerprint density at radius 3 is 2.60 bits per heavy atom. The van der Waals surface area contributed by atoms with Crippen molar-refractivity contribution in [2.24, 2.45) is 0 Å². The van der Waals surface area contributed by atoms with Gasteiger partial charge < -0.3 is 14.6 Å². The Labute approximate surface area is 122 Å². The number of methoxy groups -OCH3 is 1. The van der Waals surface area contributed by atoms with Crippen molar-refractivity contribution < 1.29 is 4.74 Å². The lowest BCUT2D eigenvalue weighted by atomic mass is 9.85. The van der Waals surface area contributed by atoms with Gasteiger partial charge in [-0.2, -0.15) is 0 Å². The van der Waals surface area contributed by atoms with Crippen molar-refractivity contribution in [3.05, 3.63) is 18.2 Å². The van der Waals surface area contributed by atoms with Crippen LogP contribution in [-0.4, -0.2) is 29.3 Å². The van der Waals surface area contributed by atoms with Crippen LogP contribution < -0.4 is 5.32 Å². The molecule has 4 heteroatoms. The van der Waals surface area contributed by atoms with E-state index in [0.717, 1.165) is 31.6 Å². The van der Waals surface area contributed by atoms with Gasteiger partial charge in [0.05, 0.1) is 11.6 Å². The summed E-state index contributed by atoms with van der Waals surface area (Å²) < 4.78 is 8.32. The summed E-state index contributed by atoms with van der Waals surface area (Å²) in [5.74, 6) is 1.12. The molecule has 1 aliphatic rings. The molecule has 1 fully saturated rings. The van der Waals surface area contributed by atoms with Gasteiger partial charge in [0, 0.05) is 26.0 Å². The van der Waals surface area contributed by atoms with Crippen molar-refractivity contribution in [3.8, 4) is 0 Å². The smallest absolute Gasteiger partial charge is 0.128 e. The Kier molecular flexibility index (Phi) is 5.61. The molecular formula is C16H29N3O. The normalized spacial score (nSPS) is 20.6. The average molecular weight is 279 g/mol. The first kappa shape index (κ1) is 15.5. The molecule has 4 nitrogen and oxygen atoms in total. The Bertz CT molecular complexity index is 394. The molecule has 0 aromatic carbocycles. The van der Waals surface area contributed by atoms with Crippen LogP contribution >= 0.6 is 0 Å². The van der Waals surface area contributed by atoms with E-state index in [1.54, 1.807) is 0 Å². The van der Waals surface area contributed by atoms with Gasteiger partial charge in [0.25, 0.3) is 0 Å². The lowest BCUT2D eigenvalue weighted by Gasteiger charge is -2.39. The highest BCUT2D eigenvalue weighted by Crippen LogP contribution is 2.39. The summed E-state index contributed by atoms with van der Waals surface area (Å²) in [6, 6.07) is 0.173. The number of aryl methyl sites for hydroxylation is 1. The summed E-state index contributed by atoms with van der Waals surface area (Å²) in [7, 11) is 3.89. The molecule has 0 saturated heterocycles. The molecule has 0 amide bonds. The zero-order valence-electron chi connectivity index (χ0n) is 13.2. The van der Waals surface area contributed by atoms with Crippen LogP contribution in [0.3, 0.4) is 0 Å². The van der Waals surface area contributed by atoms with Crippen LogP contribution in [0.1, 0.15) is 63.7 Å². The maximum absolute atomic E-state index is 6.05. The molecule has 1 aromatic rings. The van der Waals surface area contributed by atoms with Crippen molar-refractivity contribution >= 4 is 0 Å². The minimum Gasteiger partial charge on any atom is -0.376 e. The summed E-state index contributed by atoms with van der Waals surface area (Å²) in [4.78, 5) is 4.63. The van der Waals surface area contributed by atoms with E-state index in [2.05, 4.69) is 28.0 Å². The number of hydrogen-bond acceptors (Lipinski definition) is 3. The number of nitrogens with zero attached hydrogens (tertiary/aromatic N) is 2. The fourth-order valence-corrected chi connectivity index (χ4v) is 3.58. The van der Waals surface area contributed by atoms with Crippen LogP contribution in [0.15, 0.2) is 12.4 Å². The van der Waals surface area contributed by atoms with Gasteiger partial charge >= 0.3 is 0 Å². The van der Waals surface area contributed by atoms with Gasteiger partial charge in [-0.15, -0.1) is 0 Å². The number of rotatable bonds is 6. The lowest BCUT2D eigenvalue weighted by Crippen LogP contribution is -2.45. The van der Waals surface area contributed by atoms with Gasteiger partial charge in [-0.25, -0.2) is 4.98 Å². The molecule has 1 unspecified atom stereocenters. The number of imidazole rings is 1. The largest absolute Gasteiger partial charge is 0.376 e. The number of aromatic nitrogens is 2. The minimum atomic E-state index is -0.109. The predicted octanol–water partition coefficient (Wildman–Crippen LogP) is 3.29. The van der Waals surface area contributed by atoms with Crippen molar-refractivity contribution in [1.82, 2.24) is 14.9 Å². The molecular weight excluding hydrogens is 250 g/mol. The zero-order valence-corrected chi connectivity index (χ0v) is 13.2. The minimum absolute atomic E-state index is 0.109. The van der Waals surface area contributed by atoms with Crippen LogP contribution in [0.5, 0.6) is 0 Å². The van der Waals surface area contributed by atoms with Gasteiger partial charge in [0.1, 0.15) is 5.82 Å². The predicted molar refractivity (Wildman–Crippen MR) is 81.8 cm³/mol. The van der Waals surface area contributed by atoms with Crippen molar-refractivity contribution in [2.75, 3.05) is 14.2 Å². The van der Waals surface area contributed by atoms with Crippen molar-refractivity contribution in [3.63, 3.8) is 0 Å². The van der Waals surface area contributed by atoms with E-state index in [1.807, 2.05) is 20.4 Å². The van der Waals surface area contributed by atoms with Crippen molar-refractivity contribution in [2.45, 2.75) is 70.1 Å². The van der Waals surface area contributed by atoms with Gasteiger partial charge in [-0.3, -0.25) is 0 Å². The molecule has 2 rings (SSSR count). The number of ether oxygens (including phenoxy) is 1. The summed E-state index contributed by atoms with van der Waals surface area (Å²) >= 11 is 0. The Morgan fingerprint density at radius 2 is 2.05 bits per heavy atom. The zero-order chi connectivity index (χ0) is 14.4. The van der Waals surface area contributed by atoms with Gasteiger partial charge in [0.15, 0.2) is 0 Å². The first-order valence-electron chi connectivity index (χ1n) is 8.01. The first-order valence-corrected chi connectivity index (χ1v) is 8.01. The van der Waals surface area contributed by atoms with E-state index >= 15 is 0 Å². The Morgan fingerprint density at radius 1 is 1.35 bits per heavy atom. The van der Waals surface area contributed by atoms with Gasteiger partial charge in [-0.05, 0) is 26.3 Å². The quantitative estimate of drug-likeness (QED) is 0.812. The second-order valence-electron chi connectivity index (χ2n) is 5.88. The molecule has 20 heavy (non-hydrogen) atoms. The Hall–Kier alpha value is -0.870. The summed E-state index contributed by atoms with van der Waals surface area (Å²) in [5.41, 5.74) is -0.109. The van der Waals surface area contributed by atoms with E-state index < -0.39 is 0 Å². The fraction of sp³-hybridized carbons (Fsp3) is 0.812. The third kappa shape index (κ3) is 3.07. The SMILES string of the molecule is CCCn1ccnc1C(NC)C1(OC)CCCCCC1. The molecule has 1 aromatic heterocycles. The average Bonchev–Trinajstić information content (AvgIpc) is 2.77. The topological polar surface area (TPSA) is 39.1 Å². The maximum atomic E-state index is 6.05. The summed E-state index contributed by atoms with van der Waals surface area (Å²) in [6.07, 6.45) is 12.5. The molecule has 114 valence electrons. The molecule has 1 atom stereocenters. The van der Waals surface area contributed by atoms with Gasteiger partial charge in [-0.1, -0.05) is 32.6 Å². The van der Waals surface area contributed by atoms with Crippen LogP contribution in [0.2, 0.25) is 0 Å². The molecule has 0 spiro atoms. The van der Waals surface area contributed by atoms with Crippen molar-refractivity contribution in [1.29, 1.82) is 0 Å². The number of hydrogen-bond donors (Lipinski definition) is 1. The third-order valence-corrected chi connectivity index (χ3v) is 4.64. The van der Waals surface area contributed by atoms with E-state index in [-0.39, 0.29) is 11.6 Å². The van der Waals surface area contributed by atoms with Gasteiger partial charge in [0.2, 0.25) is 0 Å². The molecule has 1 heterocycles. The Balaban J connectivity index is 2.30. The molecule has 0 aliphatic heterocycles. The number of likely N-dealkylation sites (N-methyl/N-ethyl adjacent to an activating group) is 1. The van der Waals surface area contributed by atoms with E-state index in [0.29, 0.717) is 0 Å². The second-order valence-corrected chi connectivity index (χ2v) is 5.88. The standard InChI is InChI=1S/C16H29N3O/c1-4-12-19-13-11-18-15(19)14(17-2)16(20-3)9-7-5-6-8-10-16/h11,13-14,17H,4-10,12H2,1-3H3. The number of nitrogens with one attached hydrogen (secondary N) is 1. The molecule has 0 radical (unpaired) electrons. The third-order valence-electron chi connectivity index (χ3n) is 4.64. The van der Waals surface area contributed by atoms with Crippen LogP contribution in [0.4, 0.5) is 0 Å². The molecule has 1 saturated carbocycles. The molecule has 0 bridgehead atoms. The maximum Gasteiger partial charge on any atom is 0.128 e. The molecule has 1 aliphatic carbocycles. The second kappa shape index (κ2) is 7.23. The van der Waals surface area contributed by atoms with E-state index in [1.165, 1.54) is 25.7 Å². The highest BCUT2D eigenvalue weighted by atomic mass is 16.5. The fourth-order valence-electron chi connectivity index (χ4n) is 3.58. The van der Waals surface area contributed by atoms with Crippen LogP contribution in [0, 0.1) is 0 Å². The van der Waals surface area contributed by atoms with Crippen LogP contribution in [-0.2, 0) is 11.3 Å². The summed E-state index contributed by atoms with van der Waals surface area (Å²) in [5, 5.41) is 3.48. The van der Waals surface area contributed by atoms with Crippen LogP contribution in [0.25, 0.3) is 0 Å². The van der Waals surface area contributed by atoms with E-state index in [4.69, 9.17) is 4.74 Å². The van der Waals surface area contributed by atoms with E-state index in [9.17, 15) is 0 Å².